The second kappa shape index (κ2) is 8.31. The van der Waals surface area contributed by atoms with Crippen LogP contribution in [0.1, 0.15) is 62.0 Å². The van der Waals surface area contributed by atoms with Crippen molar-refractivity contribution in [3.63, 3.8) is 0 Å². The molecule has 2 atom stereocenters. The first-order valence-corrected chi connectivity index (χ1v) is 12.0. The Morgan fingerprint density at radius 2 is 1.72 bits per heavy atom. The Kier molecular flexibility index (Phi) is 5.62. The highest BCUT2D eigenvalue weighted by molar-refractivity contribution is 5.92. The van der Waals surface area contributed by atoms with Crippen LogP contribution in [0, 0.1) is 10.8 Å². The number of benzene rings is 1. The first kappa shape index (κ1) is 21.7. The molecular weight excluding hydrogens is 400 g/mol. The molecule has 0 N–H and O–H groups in total. The Hall–Kier alpha value is -2.18. The molecule has 3 heterocycles. The van der Waals surface area contributed by atoms with Gasteiger partial charge < -0.3 is 9.32 Å². The molecule has 32 heavy (non-hydrogen) atoms. The van der Waals surface area contributed by atoms with Crippen LogP contribution in [0.3, 0.4) is 0 Å². The van der Waals surface area contributed by atoms with Gasteiger partial charge in [-0.2, -0.15) is 0 Å². The first-order valence-electron chi connectivity index (χ1n) is 12.0. The van der Waals surface area contributed by atoms with E-state index in [9.17, 15) is 4.79 Å². The molecule has 1 aliphatic carbocycles. The molecule has 1 amide bonds. The molecule has 6 heteroatoms. The summed E-state index contributed by atoms with van der Waals surface area (Å²) >= 11 is 0. The van der Waals surface area contributed by atoms with E-state index in [0.29, 0.717) is 29.6 Å². The fraction of sp³-hybridized carbons (Fsp3) is 0.615. The van der Waals surface area contributed by atoms with Crippen molar-refractivity contribution in [1.29, 1.82) is 0 Å². The molecule has 2 aliphatic heterocycles. The smallest absolute Gasteiger partial charge is 0.276 e. The van der Waals surface area contributed by atoms with E-state index in [2.05, 4.69) is 70.8 Å². The Morgan fingerprint density at radius 1 is 1.03 bits per heavy atom. The summed E-state index contributed by atoms with van der Waals surface area (Å²) in [5.74, 6) is 0.692. The van der Waals surface area contributed by atoms with E-state index < -0.39 is 0 Å². The lowest BCUT2D eigenvalue weighted by molar-refractivity contribution is 0.0702. The van der Waals surface area contributed by atoms with Gasteiger partial charge in [0.15, 0.2) is 5.69 Å². The van der Waals surface area contributed by atoms with Gasteiger partial charge in [0.05, 0.1) is 6.54 Å². The van der Waals surface area contributed by atoms with Gasteiger partial charge in [0.25, 0.3) is 5.91 Å². The van der Waals surface area contributed by atoms with E-state index in [-0.39, 0.29) is 11.3 Å². The fourth-order valence-electron chi connectivity index (χ4n) is 6.46. The van der Waals surface area contributed by atoms with Crippen LogP contribution >= 0.6 is 0 Å². The number of likely N-dealkylation sites (tertiary alicyclic amines) is 1. The standard InChI is InChI=1S/C26H36N4O2/c1-25(2)13-21-14-26(3,18-25)19-30(21)24(31)22-17-32-23(27-22)16-29-11-9-28(10-12-29)15-20-7-5-4-6-8-20/h4-8,17,21H,9-16,18-19H2,1-3H3/t21-,26-/m1/s1. The maximum absolute atomic E-state index is 13.2. The summed E-state index contributed by atoms with van der Waals surface area (Å²) in [5.41, 5.74) is 2.36. The summed E-state index contributed by atoms with van der Waals surface area (Å²) in [6, 6.07) is 11.0. The third-order valence-electron chi connectivity index (χ3n) is 7.52. The fourth-order valence-corrected chi connectivity index (χ4v) is 6.46. The Morgan fingerprint density at radius 3 is 2.44 bits per heavy atom. The second-order valence-corrected chi connectivity index (χ2v) is 11.3. The predicted octanol–water partition coefficient (Wildman–Crippen LogP) is 4.03. The average Bonchev–Trinajstić information content (AvgIpc) is 3.30. The van der Waals surface area contributed by atoms with Crippen LogP contribution in [0.25, 0.3) is 0 Å². The molecule has 0 radical (unpaired) electrons. The van der Waals surface area contributed by atoms with Crippen LogP contribution in [0.5, 0.6) is 0 Å². The molecule has 5 rings (SSSR count). The Balaban J connectivity index is 1.15. The van der Waals surface area contributed by atoms with Gasteiger partial charge in [0.1, 0.15) is 6.26 Å². The Bertz CT molecular complexity index is 948. The molecule has 1 saturated carbocycles. The number of amides is 1. The van der Waals surface area contributed by atoms with Gasteiger partial charge in [-0.25, -0.2) is 4.98 Å². The predicted molar refractivity (Wildman–Crippen MR) is 124 cm³/mol. The van der Waals surface area contributed by atoms with Crippen LogP contribution < -0.4 is 0 Å². The quantitative estimate of drug-likeness (QED) is 0.708. The van der Waals surface area contributed by atoms with Crippen LogP contribution in [0.4, 0.5) is 0 Å². The summed E-state index contributed by atoms with van der Waals surface area (Å²) in [6.07, 6.45) is 4.94. The van der Waals surface area contributed by atoms with E-state index in [4.69, 9.17) is 4.42 Å². The number of fused-ring (bicyclic) bond motifs is 2. The zero-order valence-electron chi connectivity index (χ0n) is 19.7. The van der Waals surface area contributed by atoms with Gasteiger partial charge in [-0.3, -0.25) is 14.6 Å². The van der Waals surface area contributed by atoms with Crippen molar-refractivity contribution < 1.29 is 9.21 Å². The number of piperazine rings is 1. The van der Waals surface area contributed by atoms with Gasteiger partial charge in [-0.05, 0) is 35.7 Å². The lowest BCUT2D eigenvalue weighted by atomic mass is 9.65. The number of hydrogen-bond acceptors (Lipinski definition) is 5. The van der Waals surface area contributed by atoms with Crippen LogP contribution in [0.2, 0.25) is 0 Å². The summed E-state index contributed by atoms with van der Waals surface area (Å²) in [4.78, 5) is 24.8. The number of carbonyl (C=O) groups is 1. The topological polar surface area (TPSA) is 52.8 Å². The van der Waals surface area contributed by atoms with E-state index in [1.807, 2.05) is 0 Å². The molecule has 2 bridgehead atoms. The number of nitrogens with zero attached hydrogens (tertiary/aromatic N) is 4. The highest BCUT2D eigenvalue weighted by Gasteiger charge is 2.51. The van der Waals surface area contributed by atoms with E-state index in [1.165, 1.54) is 12.0 Å². The highest BCUT2D eigenvalue weighted by atomic mass is 16.3. The van der Waals surface area contributed by atoms with E-state index >= 15 is 0 Å². The van der Waals surface area contributed by atoms with Gasteiger partial charge in [0, 0.05) is 45.3 Å². The molecule has 3 aliphatic rings. The third-order valence-corrected chi connectivity index (χ3v) is 7.52. The normalized spacial score (nSPS) is 28.2. The summed E-state index contributed by atoms with van der Waals surface area (Å²) in [6.45, 7) is 13.5. The zero-order chi connectivity index (χ0) is 22.3. The maximum Gasteiger partial charge on any atom is 0.276 e. The third kappa shape index (κ3) is 4.62. The number of carbonyl (C=O) groups excluding carboxylic acids is 1. The Labute approximate surface area is 191 Å². The number of oxazole rings is 1. The molecule has 1 aromatic heterocycles. The van der Waals surface area contributed by atoms with Crippen molar-refractivity contribution in [2.45, 2.75) is 59.2 Å². The van der Waals surface area contributed by atoms with Crippen molar-refractivity contribution in [2.24, 2.45) is 10.8 Å². The van der Waals surface area contributed by atoms with E-state index in [1.54, 1.807) is 6.26 Å². The molecule has 6 nitrogen and oxygen atoms in total. The van der Waals surface area contributed by atoms with Crippen molar-refractivity contribution in [3.05, 3.63) is 53.7 Å². The van der Waals surface area contributed by atoms with Gasteiger partial charge >= 0.3 is 0 Å². The molecule has 172 valence electrons. The van der Waals surface area contributed by atoms with Crippen LogP contribution in [0.15, 0.2) is 41.0 Å². The van der Waals surface area contributed by atoms with Crippen molar-refractivity contribution in [3.8, 4) is 0 Å². The van der Waals surface area contributed by atoms with Crippen LogP contribution in [-0.4, -0.2) is 64.4 Å². The minimum atomic E-state index is 0.0408. The molecule has 0 spiro atoms. The molecule has 0 unspecified atom stereocenters. The summed E-state index contributed by atoms with van der Waals surface area (Å²) in [5, 5.41) is 0. The lowest BCUT2D eigenvalue weighted by Gasteiger charge is -2.39. The molecule has 3 fully saturated rings. The largest absolute Gasteiger partial charge is 0.447 e. The zero-order valence-corrected chi connectivity index (χ0v) is 19.7. The lowest BCUT2D eigenvalue weighted by Crippen LogP contribution is -2.45. The number of rotatable bonds is 5. The highest BCUT2D eigenvalue weighted by Crippen LogP contribution is 2.52. The first-order chi connectivity index (χ1) is 15.3. The molecule has 2 saturated heterocycles. The molecular formula is C26H36N4O2. The van der Waals surface area contributed by atoms with Gasteiger partial charge in [-0.1, -0.05) is 51.1 Å². The monoisotopic (exact) mass is 436 g/mol. The van der Waals surface area contributed by atoms with Gasteiger partial charge in [-0.15, -0.1) is 0 Å². The minimum absolute atomic E-state index is 0.0408. The molecule has 2 aromatic rings. The molecule has 1 aromatic carbocycles. The van der Waals surface area contributed by atoms with E-state index in [0.717, 1.165) is 52.1 Å². The van der Waals surface area contributed by atoms with Crippen molar-refractivity contribution in [1.82, 2.24) is 19.7 Å². The average molecular weight is 437 g/mol. The summed E-state index contributed by atoms with van der Waals surface area (Å²) < 4.78 is 5.73. The minimum Gasteiger partial charge on any atom is -0.447 e. The number of hydrogen-bond donors (Lipinski definition) is 0. The van der Waals surface area contributed by atoms with Crippen molar-refractivity contribution >= 4 is 5.91 Å². The maximum atomic E-state index is 13.2. The van der Waals surface area contributed by atoms with Crippen molar-refractivity contribution in [2.75, 3.05) is 32.7 Å². The summed E-state index contributed by atoms with van der Waals surface area (Å²) in [7, 11) is 0. The van der Waals surface area contributed by atoms with Crippen LogP contribution in [-0.2, 0) is 13.1 Å². The second-order valence-electron chi connectivity index (χ2n) is 11.3. The number of aromatic nitrogens is 1. The SMILES string of the molecule is CC1(C)C[C@@H]2C[C@@](C)(CN2C(=O)c2coc(CN3CCN(Cc4ccccc4)CC3)n2)C1. The van der Waals surface area contributed by atoms with Gasteiger partial charge in [0.2, 0.25) is 5.89 Å².